The van der Waals surface area contributed by atoms with Crippen molar-refractivity contribution in [1.82, 2.24) is 5.32 Å². The second kappa shape index (κ2) is 6.04. The van der Waals surface area contributed by atoms with Gasteiger partial charge >= 0.3 is 0 Å². The summed E-state index contributed by atoms with van der Waals surface area (Å²) in [7, 11) is -3.02. The Kier molecular flexibility index (Phi) is 4.39. The van der Waals surface area contributed by atoms with Gasteiger partial charge in [-0.3, -0.25) is 9.59 Å². The number of hydrogen-bond acceptors (Lipinski definition) is 5. The lowest BCUT2D eigenvalue weighted by atomic mass is 10.2. The third-order valence-corrected chi connectivity index (χ3v) is 4.77. The van der Waals surface area contributed by atoms with E-state index >= 15 is 0 Å². The van der Waals surface area contributed by atoms with Gasteiger partial charge in [-0.15, -0.1) is 0 Å². The Hall–Kier alpha value is -1.89. The molecule has 0 aliphatic carbocycles. The van der Waals surface area contributed by atoms with E-state index in [9.17, 15) is 18.0 Å². The number of ether oxygens (including phenoxy) is 1. The van der Waals surface area contributed by atoms with E-state index in [0.717, 1.165) is 0 Å². The number of hydrogen-bond donors (Lipinski definition) is 1. The van der Waals surface area contributed by atoms with Crippen LogP contribution in [0.25, 0.3) is 0 Å². The molecule has 1 aromatic rings. The SMILES string of the molecule is O=Cc1ccccc1OCC(=O)N[C@@H]1CCS(=O)(=O)C1. The zero-order valence-corrected chi connectivity index (χ0v) is 11.6. The third-order valence-electron chi connectivity index (χ3n) is 3.00. The summed E-state index contributed by atoms with van der Waals surface area (Å²) in [5, 5.41) is 2.61. The van der Waals surface area contributed by atoms with Crippen LogP contribution in [0.2, 0.25) is 0 Å². The molecule has 0 saturated carbocycles. The molecule has 0 unspecified atom stereocenters. The molecule has 1 heterocycles. The van der Waals surface area contributed by atoms with Crippen LogP contribution in [-0.2, 0) is 14.6 Å². The van der Waals surface area contributed by atoms with E-state index in [4.69, 9.17) is 4.74 Å². The lowest BCUT2D eigenvalue weighted by Crippen LogP contribution is -2.38. The molecule has 1 saturated heterocycles. The van der Waals surface area contributed by atoms with Crippen molar-refractivity contribution in [2.24, 2.45) is 0 Å². The molecule has 0 radical (unpaired) electrons. The van der Waals surface area contributed by atoms with E-state index in [1.54, 1.807) is 24.3 Å². The van der Waals surface area contributed by atoms with Crippen LogP contribution in [0.1, 0.15) is 16.8 Å². The van der Waals surface area contributed by atoms with Crippen molar-refractivity contribution in [2.75, 3.05) is 18.1 Å². The quantitative estimate of drug-likeness (QED) is 0.783. The largest absolute Gasteiger partial charge is 0.483 e. The second-order valence-electron chi connectivity index (χ2n) is 4.61. The zero-order valence-electron chi connectivity index (χ0n) is 10.7. The van der Waals surface area contributed by atoms with Gasteiger partial charge in [0.15, 0.2) is 22.7 Å². The Morgan fingerprint density at radius 1 is 1.40 bits per heavy atom. The van der Waals surface area contributed by atoms with Gasteiger partial charge in [-0.25, -0.2) is 8.42 Å². The number of amides is 1. The van der Waals surface area contributed by atoms with Crippen LogP contribution in [0.4, 0.5) is 0 Å². The van der Waals surface area contributed by atoms with Gasteiger partial charge in [-0.05, 0) is 18.6 Å². The summed E-state index contributed by atoms with van der Waals surface area (Å²) in [6.07, 6.45) is 1.08. The maximum absolute atomic E-state index is 11.7. The van der Waals surface area contributed by atoms with Crippen molar-refractivity contribution in [1.29, 1.82) is 0 Å². The van der Waals surface area contributed by atoms with Gasteiger partial charge < -0.3 is 10.1 Å². The highest BCUT2D eigenvalue weighted by molar-refractivity contribution is 7.91. The summed E-state index contributed by atoms with van der Waals surface area (Å²) < 4.78 is 27.8. The van der Waals surface area contributed by atoms with Gasteiger partial charge in [0, 0.05) is 6.04 Å². The number of nitrogens with one attached hydrogen (secondary N) is 1. The molecule has 20 heavy (non-hydrogen) atoms. The number of carbonyl (C=O) groups is 2. The number of aldehydes is 1. The highest BCUT2D eigenvalue weighted by Crippen LogP contribution is 2.15. The van der Waals surface area contributed by atoms with Gasteiger partial charge in [-0.2, -0.15) is 0 Å². The zero-order chi connectivity index (χ0) is 14.6. The van der Waals surface area contributed by atoms with E-state index in [1.165, 1.54) is 0 Å². The molecule has 7 heteroatoms. The van der Waals surface area contributed by atoms with Crippen molar-refractivity contribution in [3.63, 3.8) is 0 Å². The average Bonchev–Trinajstić information content (AvgIpc) is 2.76. The highest BCUT2D eigenvalue weighted by Gasteiger charge is 2.28. The Labute approximate surface area is 117 Å². The second-order valence-corrected chi connectivity index (χ2v) is 6.84. The molecular formula is C13H15NO5S. The normalized spacial score (nSPS) is 20.3. The van der Waals surface area contributed by atoms with E-state index in [2.05, 4.69) is 5.32 Å². The molecular weight excluding hydrogens is 282 g/mol. The summed E-state index contributed by atoms with van der Waals surface area (Å²) in [5.74, 6) is 0.0145. The first-order valence-corrected chi connectivity index (χ1v) is 7.99. The first-order chi connectivity index (χ1) is 9.50. The maximum atomic E-state index is 11.7. The topological polar surface area (TPSA) is 89.5 Å². The highest BCUT2D eigenvalue weighted by atomic mass is 32.2. The van der Waals surface area contributed by atoms with Gasteiger partial charge in [0.1, 0.15) is 5.75 Å². The average molecular weight is 297 g/mol. The molecule has 0 bridgehead atoms. The van der Waals surface area contributed by atoms with Gasteiger partial charge in [0.2, 0.25) is 0 Å². The van der Waals surface area contributed by atoms with Crippen LogP contribution >= 0.6 is 0 Å². The summed E-state index contributed by atoms with van der Waals surface area (Å²) in [5.41, 5.74) is 0.365. The fourth-order valence-corrected chi connectivity index (χ4v) is 3.70. The third kappa shape index (κ3) is 3.80. The summed E-state index contributed by atoms with van der Waals surface area (Å²) in [4.78, 5) is 22.4. The number of carbonyl (C=O) groups excluding carboxylic acids is 2. The number of rotatable bonds is 5. The van der Waals surface area contributed by atoms with Crippen LogP contribution in [0.3, 0.4) is 0 Å². The fourth-order valence-electron chi connectivity index (χ4n) is 2.03. The summed E-state index contributed by atoms with van der Waals surface area (Å²) in [6, 6.07) is 6.22. The molecule has 1 aliphatic heterocycles. The van der Waals surface area contributed by atoms with Crippen LogP contribution in [0.15, 0.2) is 24.3 Å². The van der Waals surface area contributed by atoms with Crippen LogP contribution in [-0.4, -0.2) is 44.8 Å². The fraction of sp³-hybridized carbons (Fsp3) is 0.385. The van der Waals surface area contributed by atoms with Crippen molar-refractivity contribution < 1.29 is 22.7 Å². The predicted molar refractivity (Wildman–Crippen MR) is 72.5 cm³/mol. The molecule has 1 N–H and O–H groups in total. The summed E-state index contributed by atoms with van der Waals surface area (Å²) >= 11 is 0. The van der Waals surface area contributed by atoms with Crippen molar-refractivity contribution in [2.45, 2.75) is 12.5 Å². The molecule has 1 fully saturated rings. The minimum Gasteiger partial charge on any atom is -0.483 e. The Bertz CT molecular complexity index is 611. The van der Waals surface area contributed by atoms with Gasteiger partial charge in [0.05, 0.1) is 17.1 Å². The Balaban J connectivity index is 1.85. The molecule has 0 aromatic heterocycles. The Morgan fingerprint density at radius 2 is 2.15 bits per heavy atom. The van der Waals surface area contributed by atoms with E-state index in [0.29, 0.717) is 24.0 Å². The molecule has 6 nitrogen and oxygen atoms in total. The molecule has 108 valence electrons. The molecule has 1 aromatic carbocycles. The number of sulfone groups is 1. The van der Waals surface area contributed by atoms with Gasteiger partial charge in [-0.1, -0.05) is 12.1 Å². The molecule has 0 spiro atoms. The number of benzene rings is 1. The lowest BCUT2D eigenvalue weighted by Gasteiger charge is -2.12. The lowest BCUT2D eigenvalue weighted by molar-refractivity contribution is -0.123. The minimum absolute atomic E-state index is 0.0241. The van der Waals surface area contributed by atoms with Crippen LogP contribution in [0, 0.1) is 0 Å². The first-order valence-electron chi connectivity index (χ1n) is 6.17. The standard InChI is InChI=1S/C13H15NO5S/c15-7-10-3-1-2-4-12(10)19-8-13(16)14-11-5-6-20(17,18)9-11/h1-4,7,11H,5-6,8-9H2,(H,14,16)/t11-/m1/s1. The smallest absolute Gasteiger partial charge is 0.258 e. The molecule has 1 amide bonds. The molecule has 1 atom stereocenters. The van der Waals surface area contributed by atoms with Crippen LogP contribution in [0.5, 0.6) is 5.75 Å². The maximum Gasteiger partial charge on any atom is 0.258 e. The number of para-hydroxylation sites is 1. The van der Waals surface area contributed by atoms with Crippen molar-refractivity contribution >= 4 is 22.0 Å². The van der Waals surface area contributed by atoms with Gasteiger partial charge in [0.25, 0.3) is 5.91 Å². The van der Waals surface area contributed by atoms with E-state index < -0.39 is 15.7 Å². The summed E-state index contributed by atoms with van der Waals surface area (Å²) in [6.45, 7) is -0.249. The first kappa shape index (κ1) is 14.5. The molecule has 2 rings (SSSR count). The van der Waals surface area contributed by atoms with Crippen molar-refractivity contribution in [3.05, 3.63) is 29.8 Å². The monoisotopic (exact) mass is 297 g/mol. The molecule has 1 aliphatic rings. The predicted octanol–water partition coefficient (Wildman–Crippen LogP) is 0.181. The minimum atomic E-state index is -3.02. The van der Waals surface area contributed by atoms with E-state index in [-0.39, 0.29) is 24.2 Å². The van der Waals surface area contributed by atoms with Crippen molar-refractivity contribution in [3.8, 4) is 5.75 Å². The van der Waals surface area contributed by atoms with Crippen LogP contribution < -0.4 is 10.1 Å². The Morgan fingerprint density at radius 3 is 2.80 bits per heavy atom. The van der Waals surface area contributed by atoms with E-state index in [1.807, 2.05) is 0 Å².